The second-order valence-electron chi connectivity index (χ2n) is 5.19. The highest BCUT2D eigenvalue weighted by Crippen LogP contribution is 2.24. The first-order valence-corrected chi connectivity index (χ1v) is 7.98. The van der Waals surface area contributed by atoms with Crippen LogP contribution in [-0.2, 0) is 6.54 Å². The minimum atomic E-state index is 0.649. The molecule has 0 amide bonds. The maximum Gasteiger partial charge on any atom is 0.237 e. The van der Waals surface area contributed by atoms with Gasteiger partial charge in [-0.1, -0.05) is 25.7 Å². The van der Waals surface area contributed by atoms with E-state index in [0.717, 1.165) is 23.1 Å². The average molecular weight is 279 g/mol. The maximum atomic E-state index is 5.39. The molecule has 1 saturated carbocycles. The molecule has 2 aromatic rings. The van der Waals surface area contributed by atoms with E-state index in [2.05, 4.69) is 26.3 Å². The Hall–Kier alpha value is -1.07. The van der Waals surface area contributed by atoms with E-state index in [1.807, 2.05) is 0 Å². The van der Waals surface area contributed by atoms with Gasteiger partial charge in [-0.15, -0.1) is 11.3 Å². The first-order chi connectivity index (χ1) is 9.38. The van der Waals surface area contributed by atoms with Crippen LogP contribution in [0.25, 0.3) is 4.96 Å². The summed E-state index contributed by atoms with van der Waals surface area (Å²) in [6.07, 6.45) is 10.2. The Morgan fingerprint density at radius 2 is 2.16 bits per heavy atom. The van der Waals surface area contributed by atoms with Crippen molar-refractivity contribution in [1.29, 1.82) is 0 Å². The zero-order valence-corrected chi connectivity index (χ0v) is 12.2. The molecule has 0 spiro atoms. The highest BCUT2D eigenvalue weighted by atomic mass is 32.1. The number of thiazole rings is 1. The van der Waals surface area contributed by atoms with Crippen LogP contribution in [0.2, 0.25) is 0 Å². The smallest absolute Gasteiger partial charge is 0.237 e. The number of nitrogens with zero attached hydrogens (tertiary/aromatic N) is 2. The lowest BCUT2D eigenvalue weighted by Crippen LogP contribution is -2.28. The molecule has 1 aliphatic carbocycles. The van der Waals surface area contributed by atoms with Crippen LogP contribution >= 0.6 is 11.3 Å². The third kappa shape index (κ3) is 2.77. The Morgan fingerprint density at radius 1 is 1.37 bits per heavy atom. The zero-order chi connectivity index (χ0) is 13.1. The maximum absolute atomic E-state index is 5.39. The van der Waals surface area contributed by atoms with Crippen molar-refractivity contribution in [2.45, 2.75) is 51.1 Å². The van der Waals surface area contributed by atoms with Gasteiger partial charge in [0.2, 0.25) is 5.88 Å². The van der Waals surface area contributed by atoms with Gasteiger partial charge >= 0.3 is 0 Å². The molecule has 1 aliphatic rings. The van der Waals surface area contributed by atoms with Gasteiger partial charge in [0.1, 0.15) is 5.69 Å². The molecule has 104 valence electrons. The lowest BCUT2D eigenvalue weighted by molar-refractivity contribution is 0.387. The number of nitrogens with one attached hydrogen (secondary N) is 1. The predicted molar refractivity (Wildman–Crippen MR) is 78.0 cm³/mol. The summed E-state index contributed by atoms with van der Waals surface area (Å²) in [5.74, 6) is 0.757. The van der Waals surface area contributed by atoms with E-state index < -0.39 is 0 Å². The molecule has 0 bridgehead atoms. The number of ether oxygens (including phenoxy) is 1. The molecule has 1 N–H and O–H groups in total. The molecule has 1 fully saturated rings. The van der Waals surface area contributed by atoms with Crippen molar-refractivity contribution in [1.82, 2.24) is 14.7 Å². The molecule has 0 radical (unpaired) electrons. The van der Waals surface area contributed by atoms with Gasteiger partial charge in [0.25, 0.3) is 0 Å². The van der Waals surface area contributed by atoms with Crippen LogP contribution in [-0.4, -0.2) is 22.5 Å². The molecule has 19 heavy (non-hydrogen) atoms. The van der Waals surface area contributed by atoms with E-state index in [0.29, 0.717) is 6.04 Å². The van der Waals surface area contributed by atoms with Crippen molar-refractivity contribution in [2.75, 3.05) is 7.11 Å². The van der Waals surface area contributed by atoms with E-state index in [1.54, 1.807) is 18.4 Å². The van der Waals surface area contributed by atoms with Gasteiger partial charge < -0.3 is 10.1 Å². The molecule has 3 rings (SSSR count). The quantitative estimate of drug-likeness (QED) is 0.873. The Labute approximate surface area is 117 Å². The fourth-order valence-electron chi connectivity index (χ4n) is 2.86. The van der Waals surface area contributed by atoms with Gasteiger partial charge in [-0.2, -0.15) is 4.98 Å². The lowest BCUT2D eigenvalue weighted by atomic mass is 10.1. The summed E-state index contributed by atoms with van der Waals surface area (Å²) in [6, 6.07) is 0.649. The van der Waals surface area contributed by atoms with Crippen LogP contribution in [0, 0.1) is 0 Å². The SMILES string of the molecule is COc1nc2sccn2c1CNC1CCCCCC1. The van der Waals surface area contributed by atoms with E-state index in [-0.39, 0.29) is 0 Å². The summed E-state index contributed by atoms with van der Waals surface area (Å²) in [6.45, 7) is 0.839. The summed E-state index contributed by atoms with van der Waals surface area (Å²) in [5, 5.41) is 5.75. The molecular weight excluding hydrogens is 258 g/mol. The van der Waals surface area contributed by atoms with Crippen molar-refractivity contribution in [3.63, 3.8) is 0 Å². The summed E-state index contributed by atoms with van der Waals surface area (Å²) < 4.78 is 7.52. The zero-order valence-electron chi connectivity index (χ0n) is 11.4. The minimum absolute atomic E-state index is 0.649. The van der Waals surface area contributed by atoms with Crippen LogP contribution in [0.5, 0.6) is 5.88 Å². The van der Waals surface area contributed by atoms with E-state index in [4.69, 9.17) is 4.74 Å². The second-order valence-corrected chi connectivity index (χ2v) is 6.07. The van der Waals surface area contributed by atoms with Crippen molar-refractivity contribution < 1.29 is 4.74 Å². The van der Waals surface area contributed by atoms with Gasteiger partial charge in [0, 0.05) is 24.2 Å². The number of aromatic nitrogens is 2. The Balaban J connectivity index is 1.71. The number of imidazole rings is 1. The predicted octanol–water partition coefficient (Wildman–Crippen LogP) is 3.22. The molecule has 0 atom stereocenters. The summed E-state index contributed by atoms with van der Waals surface area (Å²) in [4.78, 5) is 5.50. The Kier molecular flexibility index (Phi) is 4.03. The summed E-state index contributed by atoms with van der Waals surface area (Å²) in [5.41, 5.74) is 1.14. The Bertz CT molecular complexity index is 526. The molecule has 5 heteroatoms. The normalized spacial score (nSPS) is 17.7. The fourth-order valence-corrected chi connectivity index (χ4v) is 3.59. The van der Waals surface area contributed by atoms with Crippen molar-refractivity contribution in [3.8, 4) is 5.88 Å². The van der Waals surface area contributed by atoms with Crippen molar-refractivity contribution >= 4 is 16.3 Å². The summed E-state index contributed by atoms with van der Waals surface area (Å²) >= 11 is 1.65. The van der Waals surface area contributed by atoms with Crippen molar-refractivity contribution in [3.05, 3.63) is 17.3 Å². The summed E-state index contributed by atoms with van der Waals surface area (Å²) in [7, 11) is 1.70. The van der Waals surface area contributed by atoms with Gasteiger partial charge in [0.05, 0.1) is 7.11 Å². The molecule has 0 aliphatic heterocycles. The van der Waals surface area contributed by atoms with Crippen LogP contribution in [0.15, 0.2) is 11.6 Å². The number of rotatable bonds is 4. The molecule has 2 heterocycles. The first kappa shape index (κ1) is 12.9. The van der Waals surface area contributed by atoms with E-state index >= 15 is 0 Å². The molecule has 0 aromatic carbocycles. The number of methoxy groups -OCH3 is 1. The molecular formula is C14H21N3OS. The highest BCUT2D eigenvalue weighted by Gasteiger charge is 2.16. The highest BCUT2D eigenvalue weighted by molar-refractivity contribution is 7.15. The number of hydrogen-bond donors (Lipinski definition) is 1. The van der Waals surface area contributed by atoms with Gasteiger partial charge in [0.15, 0.2) is 4.96 Å². The standard InChI is InChI=1S/C14H21N3OS/c1-18-13-12(17-8-9-19-14(17)16-13)10-15-11-6-4-2-3-5-7-11/h8-9,11,15H,2-7,10H2,1H3. The largest absolute Gasteiger partial charge is 0.480 e. The van der Waals surface area contributed by atoms with Crippen LogP contribution in [0.1, 0.15) is 44.2 Å². The van der Waals surface area contributed by atoms with E-state index in [9.17, 15) is 0 Å². The third-order valence-electron chi connectivity index (χ3n) is 3.93. The van der Waals surface area contributed by atoms with Crippen molar-refractivity contribution in [2.24, 2.45) is 0 Å². The Morgan fingerprint density at radius 3 is 2.89 bits per heavy atom. The topological polar surface area (TPSA) is 38.6 Å². The number of hydrogen-bond acceptors (Lipinski definition) is 4. The van der Waals surface area contributed by atoms with Crippen LogP contribution < -0.4 is 10.1 Å². The second kappa shape index (κ2) is 5.92. The lowest BCUT2D eigenvalue weighted by Gasteiger charge is -2.16. The van der Waals surface area contributed by atoms with Gasteiger partial charge in [-0.25, -0.2) is 0 Å². The molecule has 2 aromatic heterocycles. The number of fused-ring (bicyclic) bond motifs is 1. The monoisotopic (exact) mass is 279 g/mol. The van der Waals surface area contributed by atoms with Crippen LogP contribution in [0.4, 0.5) is 0 Å². The minimum Gasteiger partial charge on any atom is -0.480 e. The van der Waals surface area contributed by atoms with Crippen LogP contribution in [0.3, 0.4) is 0 Å². The molecule has 0 unspecified atom stereocenters. The average Bonchev–Trinajstić information content (AvgIpc) is 2.89. The van der Waals surface area contributed by atoms with Gasteiger partial charge in [-0.05, 0) is 12.8 Å². The van der Waals surface area contributed by atoms with E-state index in [1.165, 1.54) is 38.5 Å². The molecule has 4 nitrogen and oxygen atoms in total. The van der Waals surface area contributed by atoms with Gasteiger partial charge in [-0.3, -0.25) is 4.40 Å². The first-order valence-electron chi connectivity index (χ1n) is 7.10. The fraction of sp³-hybridized carbons (Fsp3) is 0.643. The molecule has 0 saturated heterocycles. The third-order valence-corrected chi connectivity index (χ3v) is 4.69.